The number of anilines is 2. The van der Waals surface area contributed by atoms with E-state index in [4.69, 9.17) is 0 Å². The summed E-state index contributed by atoms with van der Waals surface area (Å²) in [6, 6.07) is 6.77. The summed E-state index contributed by atoms with van der Waals surface area (Å²) in [6.45, 7) is 2.63. The Morgan fingerprint density at radius 3 is 2.58 bits per heavy atom. The maximum atomic E-state index is 13.9. The largest absolute Gasteiger partial charge is 0.366 e. The zero-order chi connectivity index (χ0) is 16.7. The predicted octanol–water partition coefficient (Wildman–Crippen LogP) is 1.12. The third-order valence-electron chi connectivity index (χ3n) is 4.36. The summed E-state index contributed by atoms with van der Waals surface area (Å²) in [5.74, 6) is 0.318. The van der Waals surface area contributed by atoms with Crippen LogP contribution < -0.4 is 15.4 Å². The first-order valence-electron chi connectivity index (χ1n) is 7.80. The lowest BCUT2D eigenvalue weighted by atomic mass is 10.2. The molecule has 1 aliphatic rings. The molecule has 8 heteroatoms. The number of hydrogen-bond donors (Lipinski definition) is 1. The summed E-state index contributed by atoms with van der Waals surface area (Å²) < 4.78 is 15.5. The van der Waals surface area contributed by atoms with Gasteiger partial charge in [-0.15, -0.1) is 0 Å². The molecule has 7 nitrogen and oxygen atoms in total. The van der Waals surface area contributed by atoms with Gasteiger partial charge in [-0.3, -0.25) is 14.5 Å². The SMILES string of the molecule is Cn1ncc2c(=O)[nH]c(N3CCN(c4ccccc4F)CC3)nc21. The lowest BCUT2D eigenvalue weighted by Gasteiger charge is -2.36. The van der Waals surface area contributed by atoms with Crippen molar-refractivity contribution in [1.82, 2.24) is 19.7 Å². The maximum absolute atomic E-state index is 13.9. The van der Waals surface area contributed by atoms with E-state index in [1.165, 1.54) is 12.3 Å². The first-order chi connectivity index (χ1) is 11.6. The van der Waals surface area contributed by atoms with Gasteiger partial charge in [-0.2, -0.15) is 10.1 Å². The van der Waals surface area contributed by atoms with Crippen LogP contribution in [0.4, 0.5) is 16.0 Å². The van der Waals surface area contributed by atoms with Gasteiger partial charge in [0.15, 0.2) is 5.65 Å². The number of halogens is 1. The van der Waals surface area contributed by atoms with E-state index in [0.29, 0.717) is 48.8 Å². The van der Waals surface area contributed by atoms with Crippen molar-refractivity contribution in [2.45, 2.75) is 0 Å². The Bertz CT molecular complexity index is 941. The summed E-state index contributed by atoms with van der Waals surface area (Å²) in [7, 11) is 1.76. The molecule has 24 heavy (non-hydrogen) atoms. The lowest BCUT2D eigenvalue weighted by molar-refractivity contribution is 0.594. The van der Waals surface area contributed by atoms with Gasteiger partial charge >= 0.3 is 0 Å². The third-order valence-corrected chi connectivity index (χ3v) is 4.36. The van der Waals surface area contributed by atoms with Gasteiger partial charge in [0.25, 0.3) is 5.56 Å². The number of fused-ring (bicyclic) bond motifs is 1. The predicted molar refractivity (Wildman–Crippen MR) is 90.0 cm³/mol. The molecule has 0 unspecified atom stereocenters. The lowest BCUT2D eigenvalue weighted by Crippen LogP contribution is -2.47. The second-order valence-corrected chi connectivity index (χ2v) is 5.82. The summed E-state index contributed by atoms with van der Waals surface area (Å²) >= 11 is 0. The number of H-pyrrole nitrogens is 1. The van der Waals surface area contributed by atoms with Gasteiger partial charge in [0, 0.05) is 33.2 Å². The Morgan fingerprint density at radius 2 is 1.83 bits per heavy atom. The number of rotatable bonds is 2. The second kappa shape index (κ2) is 5.63. The number of piperazine rings is 1. The minimum Gasteiger partial charge on any atom is -0.366 e. The molecule has 1 saturated heterocycles. The molecular formula is C16H17FN6O. The number of nitrogens with one attached hydrogen (secondary N) is 1. The number of aromatic nitrogens is 4. The summed E-state index contributed by atoms with van der Waals surface area (Å²) in [6.07, 6.45) is 1.51. The highest BCUT2D eigenvalue weighted by Crippen LogP contribution is 2.21. The van der Waals surface area contributed by atoms with Crippen LogP contribution in [-0.4, -0.2) is 45.9 Å². The van der Waals surface area contributed by atoms with Crippen LogP contribution in [0.1, 0.15) is 0 Å². The van der Waals surface area contributed by atoms with Crippen LogP contribution in [-0.2, 0) is 7.05 Å². The summed E-state index contributed by atoms with van der Waals surface area (Å²) in [4.78, 5) is 23.5. The molecule has 0 bridgehead atoms. The number of hydrogen-bond acceptors (Lipinski definition) is 5. The highest BCUT2D eigenvalue weighted by molar-refractivity contribution is 5.74. The van der Waals surface area contributed by atoms with E-state index in [1.807, 2.05) is 15.9 Å². The molecule has 2 aromatic heterocycles. The minimum absolute atomic E-state index is 0.195. The average Bonchev–Trinajstić information content (AvgIpc) is 2.97. The minimum atomic E-state index is -0.214. The Hall–Kier alpha value is -2.90. The van der Waals surface area contributed by atoms with E-state index in [-0.39, 0.29) is 11.4 Å². The van der Waals surface area contributed by atoms with E-state index in [0.717, 1.165) is 0 Å². The topological polar surface area (TPSA) is 70.1 Å². The van der Waals surface area contributed by atoms with E-state index in [1.54, 1.807) is 23.9 Å². The van der Waals surface area contributed by atoms with Crippen molar-refractivity contribution < 1.29 is 4.39 Å². The van der Waals surface area contributed by atoms with Gasteiger partial charge in [0.2, 0.25) is 5.95 Å². The summed E-state index contributed by atoms with van der Waals surface area (Å²) in [5, 5.41) is 4.55. The number of para-hydroxylation sites is 1. The van der Waals surface area contributed by atoms with E-state index in [2.05, 4.69) is 15.1 Å². The first-order valence-corrected chi connectivity index (χ1v) is 7.80. The Kier molecular flexibility index (Phi) is 3.44. The quantitative estimate of drug-likeness (QED) is 0.763. The Morgan fingerprint density at radius 1 is 1.12 bits per heavy atom. The van der Waals surface area contributed by atoms with Gasteiger partial charge in [-0.05, 0) is 12.1 Å². The van der Waals surface area contributed by atoms with Gasteiger partial charge in [-0.25, -0.2) is 4.39 Å². The summed E-state index contributed by atoms with van der Waals surface area (Å²) in [5.41, 5.74) is 0.977. The fourth-order valence-corrected chi connectivity index (χ4v) is 3.04. The maximum Gasteiger partial charge on any atom is 0.263 e. The molecule has 1 fully saturated rings. The number of nitrogens with zero attached hydrogens (tertiary/aromatic N) is 5. The molecule has 1 aromatic carbocycles. The van der Waals surface area contributed by atoms with Crippen LogP contribution in [0.25, 0.3) is 11.0 Å². The Labute approximate surface area is 137 Å². The molecule has 0 atom stereocenters. The molecule has 3 aromatic rings. The van der Waals surface area contributed by atoms with Crippen molar-refractivity contribution in [3.05, 3.63) is 46.6 Å². The molecule has 0 spiro atoms. The van der Waals surface area contributed by atoms with Crippen LogP contribution in [0.3, 0.4) is 0 Å². The fraction of sp³-hybridized carbons (Fsp3) is 0.312. The van der Waals surface area contributed by atoms with E-state index >= 15 is 0 Å². The van der Waals surface area contributed by atoms with Crippen LogP contribution in [0.5, 0.6) is 0 Å². The smallest absolute Gasteiger partial charge is 0.263 e. The standard InChI is InChI=1S/C16H17FN6O/c1-21-14-11(10-18-21)15(24)20-16(19-14)23-8-6-22(7-9-23)13-5-3-2-4-12(13)17/h2-5,10H,6-9H2,1H3,(H,19,20,24). The number of aromatic amines is 1. The van der Waals surface area contributed by atoms with Gasteiger partial charge in [0.05, 0.1) is 11.9 Å². The van der Waals surface area contributed by atoms with Crippen molar-refractivity contribution in [3.63, 3.8) is 0 Å². The number of benzene rings is 1. The van der Waals surface area contributed by atoms with Crippen molar-refractivity contribution >= 4 is 22.7 Å². The molecular weight excluding hydrogens is 311 g/mol. The van der Waals surface area contributed by atoms with Crippen LogP contribution in [0.2, 0.25) is 0 Å². The van der Waals surface area contributed by atoms with Gasteiger partial charge < -0.3 is 9.80 Å². The third kappa shape index (κ3) is 2.40. The molecule has 124 valence electrons. The molecule has 4 rings (SSSR count). The molecule has 3 heterocycles. The first kappa shape index (κ1) is 14.7. The normalized spacial score (nSPS) is 15.2. The fourth-order valence-electron chi connectivity index (χ4n) is 3.04. The molecule has 1 aliphatic heterocycles. The molecule has 1 N–H and O–H groups in total. The molecule has 0 radical (unpaired) electrons. The van der Waals surface area contributed by atoms with Gasteiger partial charge in [-0.1, -0.05) is 12.1 Å². The van der Waals surface area contributed by atoms with Crippen molar-refractivity contribution in [1.29, 1.82) is 0 Å². The zero-order valence-corrected chi connectivity index (χ0v) is 13.2. The zero-order valence-electron chi connectivity index (χ0n) is 13.2. The van der Waals surface area contributed by atoms with E-state index < -0.39 is 0 Å². The van der Waals surface area contributed by atoms with Crippen molar-refractivity contribution in [2.24, 2.45) is 7.05 Å². The monoisotopic (exact) mass is 328 g/mol. The van der Waals surface area contributed by atoms with E-state index in [9.17, 15) is 9.18 Å². The molecule has 0 saturated carbocycles. The van der Waals surface area contributed by atoms with Crippen LogP contribution >= 0.6 is 0 Å². The Balaban J connectivity index is 1.57. The highest BCUT2D eigenvalue weighted by Gasteiger charge is 2.21. The molecule has 0 amide bonds. The van der Waals surface area contributed by atoms with Crippen LogP contribution in [0.15, 0.2) is 35.3 Å². The highest BCUT2D eigenvalue weighted by atomic mass is 19.1. The van der Waals surface area contributed by atoms with Crippen LogP contribution in [0, 0.1) is 5.82 Å². The van der Waals surface area contributed by atoms with Gasteiger partial charge in [0.1, 0.15) is 11.2 Å². The average molecular weight is 328 g/mol. The number of aryl methyl sites for hydroxylation is 1. The second-order valence-electron chi connectivity index (χ2n) is 5.82. The van der Waals surface area contributed by atoms with Crippen molar-refractivity contribution in [3.8, 4) is 0 Å². The molecule has 0 aliphatic carbocycles. The van der Waals surface area contributed by atoms with Crippen molar-refractivity contribution in [2.75, 3.05) is 36.0 Å².